The topological polar surface area (TPSA) is 20.3 Å². The van der Waals surface area contributed by atoms with E-state index in [1.165, 1.54) is 0 Å². The first kappa shape index (κ1) is 12.1. The van der Waals surface area contributed by atoms with Crippen molar-refractivity contribution >= 4 is 38.2 Å². The summed E-state index contributed by atoms with van der Waals surface area (Å²) in [5.74, 6) is 0.0987. The van der Waals surface area contributed by atoms with E-state index in [0.29, 0.717) is 0 Å². The quantitative estimate of drug-likeness (QED) is 0.783. The van der Waals surface area contributed by atoms with Gasteiger partial charge in [0.05, 0.1) is 0 Å². The summed E-state index contributed by atoms with van der Waals surface area (Å²) in [4.78, 5) is 13.8. The van der Waals surface area contributed by atoms with Gasteiger partial charge in [0.1, 0.15) is 0 Å². The van der Waals surface area contributed by atoms with E-state index in [1.807, 2.05) is 49.3 Å². The summed E-state index contributed by atoms with van der Waals surface area (Å²) in [6.45, 7) is 1.61. The smallest absolute Gasteiger partial charge is 0.162 e. The van der Waals surface area contributed by atoms with Gasteiger partial charge in [-0.25, -0.2) is 0 Å². The van der Waals surface area contributed by atoms with Crippen molar-refractivity contribution < 1.29 is 4.79 Å². The second kappa shape index (κ2) is 4.49. The molecule has 2 aromatic carbocycles. The molecular weight excluding hydrogens is 278 g/mol. The number of halogens is 1. The van der Waals surface area contributed by atoms with Gasteiger partial charge in [-0.2, -0.15) is 0 Å². The molecule has 88 valence electrons. The maximum absolute atomic E-state index is 11.8. The Labute approximate surface area is 109 Å². The molecule has 0 aliphatic rings. The molecule has 0 atom stereocenters. The number of hydrogen-bond acceptors (Lipinski definition) is 2. The zero-order valence-electron chi connectivity index (χ0n) is 10.1. The molecule has 0 radical (unpaired) electrons. The van der Waals surface area contributed by atoms with Crippen LogP contribution in [0.1, 0.15) is 17.3 Å². The minimum absolute atomic E-state index is 0.0987. The number of benzene rings is 2. The van der Waals surface area contributed by atoms with Crippen molar-refractivity contribution in [2.45, 2.75) is 6.92 Å². The fraction of sp³-hybridized carbons (Fsp3) is 0.214. The molecule has 0 amide bonds. The highest BCUT2D eigenvalue weighted by Gasteiger charge is 2.13. The summed E-state index contributed by atoms with van der Waals surface area (Å²) in [6.07, 6.45) is 0. The fourth-order valence-electron chi connectivity index (χ4n) is 2.03. The van der Waals surface area contributed by atoms with Crippen molar-refractivity contribution in [2.24, 2.45) is 0 Å². The lowest BCUT2D eigenvalue weighted by Crippen LogP contribution is -2.13. The normalized spacial score (nSPS) is 10.6. The van der Waals surface area contributed by atoms with E-state index in [9.17, 15) is 4.79 Å². The molecule has 2 nitrogen and oxygen atoms in total. The lowest BCUT2D eigenvalue weighted by molar-refractivity contribution is 0.101. The number of fused-ring (bicyclic) bond motifs is 1. The third kappa shape index (κ3) is 2.20. The van der Waals surface area contributed by atoms with Gasteiger partial charge < -0.3 is 4.90 Å². The van der Waals surface area contributed by atoms with Crippen LogP contribution >= 0.6 is 15.9 Å². The van der Waals surface area contributed by atoms with Gasteiger partial charge in [0.15, 0.2) is 5.78 Å². The van der Waals surface area contributed by atoms with E-state index in [1.54, 1.807) is 6.92 Å². The predicted octanol–water partition coefficient (Wildman–Crippen LogP) is 3.87. The van der Waals surface area contributed by atoms with E-state index < -0.39 is 0 Å². The molecule has 0 aliphatic carbocycles. The van der Waals surface area contributed by atoms with E-state index >= 15 is 0 Å². The highest BCUT2D eigenvalue weighted by Crippen LogP contribution is 2.30. The molecule has 3 heteroatoms. The first-order chi connectivity index (χ1) is 8.00. The number of anilines is 1. The number of carbonyl (C=O) groups excluding carboxylic acids is 1. The van der Waals surface area contributed by atoms with Crippen LogP contribution in [-0.2, 0) is 0 Å². The zero-order chi connectivity index (χ0) is 12.6. The van der Waals surface area contributed by atoms with Crippen LogP contribution in [0.15, 0.2) is 34.8 Å². The number of nitrogens with zero attached hydrogens (tertiary/aromatic N) is 1. The van der Waals surface area contributed by atoms with Crippen LogP contribution in [0.25, 0.3) is 10.8 Å². The monoisotopic (exact) mass is 291 g/mol. The van der Waals surface area contributed by atoms with Gasteiger partial charge in [0, 0.05) is 29.8 Å². The Hall–Kier alpha value is -1.35. The minimum Gasteiger partial charge on any atom is -0.377 e. The van der Waals surface area contributed by atoms with Gasteiger partial charge >= 0.3 is 0 Å². The molecule has 0 fully saturated rings. The van der Waals surface area contributed by atoms with Crippen LogP contribution in [0.4, 0.5) is 5.69 Å². The van der Waals surface area contributed by atoms with Gasteiger partial charge in [-0.3, -0.25) is 4.79 Å². The Balaban J connectivity index is 2.84. The molecule has 0 bridgehead atoms. The predicted molar refractivity (Wildman–Crippen MR) is 76.0 cm³/mol. The van der Waals surface area contributed by atoms with Gasteiger partial charge in [-0.15, -0.1) is 0 Å². The van der Waals surface area contributed by atoms with E-state index in [0.717, 1.165) is 26.5 Å². The van der Waals surface area contributed by atoms with E-state index in [4.69, 9.17) is 0 Å². The first-order valence-electron chi connectivity index (χ1n) is 5.41. The largest absolute Gasteiger partial charge is 0.377 e. The summed E-state index contributed by atoms with van der Waals surface area (Å²) in [5, 5.41) is 2.09. The third-order valence-corrected chi connectivity index (χ3v) is 3.29. The second-order valence-corrected chi connectivity index (χ2v) is 5.19. The standard InChI is InChI=1S/C14H14BrNO/c1-9(17)14-12-6-5-11(15)8-10(12)4-7-13(14)16(2)3/h4-8H,1-3H3. The van der Waals surface area contributed by atoms with Crippen molar-refractivity contribution in [3.8, 4) is 0 Å². The highest BCUT2D eigenvalue weighted by molar-refractivity contribution is 9.10. The van der Waals surface area contributed by atoms with Crippen LogP contribution in [0.3, 0.4) is 0 Å². The maximum Gasteiger partial charge on any atom is 0.162 e. The van der Waals surface area contributed by atoms with Crippen LogP contribution in [0.2, 0.25) is 0 Å². The Bertz CT molecular complexity index is 590. The van der Waals surface area contributed by atoms with Crippen LogP contribution < -0.4 is 4.90 Å². The molecule has 0 aliphatic heterocycles. The van der Waals surface area contributed by atoms with Crippen molar-refractivity contribution in [1.29, 1.82) is 0 Å². The maximum atomic E-state index is 11.8. The van der Waals surface area contributed by atoms with Crippen molar-refractivity contribution in [2.75, 3.05) is 19.0 Å². The van der Waals surface area contributed by atoms with Crippen LogP contribution in [0, 0.1) is 0 Å². The molecule has 2 aromatic rings. The molecule has 0 heterocycles. The number of ketones is 1. The molecule has 0 saturated carbocycles. The van der Waals surface area contributed by atoms with Gasteiger partial charge in [-0.1, -0.05) is 28.1 Å². The number of carbonyl (C=O) groups is 1. The molecular formula is C14H14BrNO. The zero-order valence-corrected chi connectivity index (χ0v) is 11.7. The Kier molecular flexibility index (Phi) is 3.20. The Morgan fingerprint density at radius 1 is 1.18 bits per heavy atom. The molecule has 0 aromatic heterocycles. The molecule has 0 spiro atoms. The van der Waals surface area contributed by atoms with Crippen LogP contribution in [-0.4, -0.2) is 19.9 Å². The molecule has 0 unspecified atom stereocenters. The average Bonchev–Trinajstić information content (AvgIpc) is 2.26. The first-order valence-corrected chi connectivity index (χ1v) is 6.20. The molecule has 0 saturated heterocycles. The van der Waals surface area contributed by atoms with Gasteiger partial charge in [-0.05, 0) is 35.9 Å². The summed E-state index contributed by atoms with van der Waals surface area (Å²) in [7, 11) is 3.90. The van der Waals surface area contributed by atoms with Crippen molar-refractivity contribution in [3.05, 3.63) is 40.4 Å². The van der Waals surface area contributed by atoms with Gasteiger partial charge in [0.25, 0.3) is 0 Å². The molecule has 0 N–H and O–H groups in total. The molecule has 2 rings (SSSR count). The number of Topliss-reactive ketones (excluding diaryl/α,β-unsaturated/α-hetero) is 1. The van der Waals surface area contributed by atoms with E-state index in [2.05, 4.69) is 15.9 Å². The average molecular weight is 292 g/mol. The fourth-order valence-corrected chi connectivity index (χ4v) is 2.41. The summed E-state index contributed by atoms with van der Waals surface area (Å²) < 4.78 is 1.03. The van der Waals surface area contributed by atoms with Crippen LogP contribution in [0.5, 0.6) is 0 Å². The second-order valence-electron chi connectivity index (χ2n) is 4.28. The SMILES string of the molecule is CC(=O)c1c(N(C)C)ccc2cc(Br)ccc12. The lowest BCUT2D eigenvalue weighted by atomic mass is 9.99. The third-order valence-electron chi connectivity index (χ3n) is 2.79. The summed E-state index contributed by atoms with van der Waals surface area (Å²) >= 11 is 3.45. The molecule has 17 heavy (non-hydrogen) atoms. The Morgan fingerprint density at radius 2 is 1.88 bits per heavy atom. The lowest BCUT2D eigenvalue weighted by Gasteiger charge is -2.18. The van der Waals surface area contributed by atoms with Crippen molar-refractivity contribution in [3.63, 3.8) is 0 Å². The summed E-state index contributed by atoms with van der Waals surface area (Å²) in [5.41, 5.74) is 1.76. The minimum atomic E-state index is 0.0987. The highest BCUT2D eigenvalue weighted by atomic mass is 79.9. The number of rotatable bonds is 2. The number of hydrogen-bond donors (Lipinski definition) is 0. The van der Waals surface area contributed by atoms with E-state index in [-0.39, 0.29) is 5.78 Å². The van der Waals surface area contributed by atoms with Crippen molar-refractivity contribution in [1.82, 2.24) is 0 Å². The van der Waals surface area contributed by atoms with Gasteiger partial charge in [0.2, 0.25) is 0 Å². The Morgan fingerprint density at radius 3 is 2.47 bits per heavy atom. The summed E-state index contributed by atoms with van der Waals surface area (Å²) in [6, 6.07) is 10.0.